The molecule has 0 amide bonds. The van der Waals surface area contributed by atoms with Gasteiger partial charge in [-0.1, -0.05) is 19.8 Å². The Kier molecular flexibility index (Phi) is 4.20. The van der Waals surface area contributed by atoms with Crippen LogP contribution < -0.4 is 5.32 Å². The Morgan fingerprint density at radius 3 is 2.55 bits per heavy atom. The van der Waals surface area contributed by atoms with Crippen molar-refractivity contribution < 1.29 is 13.7 Å². The van der Waals surface area contributed by atoms with Gasteiger partial charge >= 0.3 is 0 Å². The predicted molar refractivity (Wildman–Crippen MR) is 72.7 cm³/mol. The van der Waals surface area contributed by atoms with E-state index in [1.165, 1.54) is 0 Å². The largest absolute Gasteiger partial charge is 0.376 e. The number of nitro benzene ring substituents is 1. The summed E-state index contributed by atoms with van der Waals surface area (Å²) in [4.78, 5) is 10.2. The molecule has 0 spiro atoms. The van der Waals surface area contributed by atoms with Gasteiger partial charge in [-0.2, -0.15) is 0 Å². The zero-order valence-electron chi connectivity index (χ0n) is 11.4. The van der Waals surface area contributed by atoms with Crippen LogP contribution in [0.3, 0.4) is 0 Å². The molecular formula is C14H18F2N2O2. The molecule has 0 radical (unpaired) electrons. The molecule has 1 aliphatic carbocycles. The van der Waals surface area contributed by atoms with E-state index in [1.807, 2.05) is 0 Å². The van der Waals surface area contributed by atoms with Gasteiger partial charge in [0.2, 0.25) is 0 Å². The van der Waals surface area contributed by atoms with Gasteiger partial charge in [-0.25, -0.2) is 8.78 Å². The van der Waals surface area contributed by atoms with E-state index in [0.29, 0.717) is 6.54 Å². The number of rotatable bonds is 5. The number of nitrogens with one attached hydrogen (secondary N) is 1. The van der Waals surface area contributed by atoms with E-state index in [4.69, 9.17) is 0 Å². The number of halogens is 2. The second-order valence-corrected chi connectivity index (χ2v) is 5.43. The van der Waals surface area contributed by atoms with Crippen molar-refractivity contribution in [1.29, 1.82) is 0 Å². The van der Waals surface area contributed by atoms with Crippen LogP contribution >= 0.6 is 0 Å². The van der Waals surface area contributed by atoms with Gasteiger partial charge in [-0.3, -0.25) is 10.1 Å². The maximum atomic E-state index is 13.8. The summed E-state index contributed by atoms with van der Waals surface area (Å²) < 4.78 is 27.0. The van der Waals surface area contributed by atoms with Gasteiger partial charge in [-0.15, -0.1) is 0 Å². The van der Waals surface area contributed by atoms with Crippen molar-refractivity contribution >= 4 is 11.4 Å². The van der Waals surface area contributed by atoms with Crippen molar-refractivity contribution in [1.82, 2.24) is 0 Å². The Morgan fingerprint density at radius 2 is 2.00 bits per heavy atom. The average Bonchev–Trinajstić information content (AvgIpc) is 2.89. The van der Waals surface area contributed by atoms with E-state index >= 15 is 0 Å². The minimum absolute atomic E-state index is 0.0344. The molecule has 0 unspecified atom stereocenters. The number of anilines is 1. The third-order valence-electron chi connectivity index (χ3n) is 4.32. The fourth-order valence-electron chi connectivity index (χ4n) is 2.92. The van der Waals surface area contributed by atoms with E-state index in [-0.39, 0.29) is 11.1 Å². The molecule has 0 bridgehead atoms. The summed E-state index contributed by atoms with van der Waals surface area (Å²) in [5, 5.41) is 13.7. The first-order chi connectivity index (χ1) is 9.49. The van der Waals surface area contributed by atoms with Crippen LogP contribution in [0.5, 0.6) is 0 Å². The highest BCUT2D eigenvalue weighted by Crippen LogP contribution is 2.41. The van der Waals surface area contributed by atoms with Crippen molar-refractivity contribution in [3.63, 3.8) is 0 Å². The quantitative estimate of drug-likeness (QED) is 0.649. The van der Waals surface area contributed by atoms with Crippen LogP contribution in [-0.4, -0.2) is 11.5 Å². The van der Waals surface area contributed by atoms with E-state index in [9.17, 15) is 18.9 Å². The first-order valence-corrected chi connectivity index (χ1v) is 6.85. The molecule has 1 aromatic rings. The number of nitrogens with zero attached hydrogens (tertiary/aromatic N) is 1. The smallest absolute Gasteiger partial charge is 0.295 e. The summed E-state index contributed by atoms with van der Waals surface area (Å²) >= 11 is 0. The highest BCUT2D eigenvalue weighted by molar-refractivity contribution is 5.62. The third kappa shape index (κ3) is 2.73. The zero-order valence-corrected chi connectivity index (χ0v) is 11.4. The molecule has 110 valence electrons. The van der Waals surface area contributed by atoms with E-state index in [1.54, 1.807) is 0 Å². The van der Waals surface area contributed by atoms with Crippen molar-refractivity contribution in [2.75, 3.05) is 11.9 Å². The first-order valence-electron chi connectivity index (χ1n) is 6.85. The molecule has 4 nitrogen and oxygen atoms in total. The lowest BCUT2D eigenvalue weighted by atomic mass is 9.83. The predicted octanol–water partition coefficient (Wildman–Crippen LogP) is 4.26. The van der Waals surface area contributed by atoms with Crippen molar-refractivity contribution in [2.24, 2.45) is 5.41 Å². The monoisotopic (exact) mass is 284 g/mol. The molecule has 0 aromatic heterocycles. The minimum Gasteiger partial charge on any atom is -0.376 e. The standard InChI is InChI=1S/C14H18F2N2O2/c1-2-14(7-3-4-8-14)9-17-13-11(18(19)20)6-5-10(15)12(13)16/h5-6,17H,2-4,7-9H2,1H3. The summed E-state index contributed by atoms with van der Waals surface area (Å²) in [5.74, 6) is -2.25. The van der Waals surface area contributed by atoms with Crippen LogP contribution in [0.1, 0.15) is 39.0 Å². The van der Waals surface area contributed by atoms with Crippen LogP contribution in [0.15, 0.2) is 12.1 Å². The molecule has 0 saturated heterocycles. The lowest BCUT2D eigenvalue weighted by Crippen LogP contribution is -2.26. The van der Waals surface area contributed by atoms with Gasteiger partial charge in [0.15, 0.2) is 17.3 Å². The van der Waals surface area contributed by atoms with Crippen LogP contribution in [-0.2, 0) is 0 Å². The third-order valence-corrected chi connectivity index (χ3v) is 4.32. The fourth-order valence-corrected chi connectivity index (χ4v) is 2.92. The van der Waals surface area contributed by atoms with E-state index < -0.39 is 22.2 Å². The zero-order chi connectivity index (χ0) is 14.8. The van der Waals surface area contributed by atoms with Crippen LogP contribution in [0, 0.1) is 27.2 Å². The second-order valence-electron chi connectivity index (χ2n) is 5.43. The molecule has 1 aromatic carbocycles. The molecule has 1 saturated carbocycles. The molecule has 1 fully saturated rings. The number of benzene rings is 1. The van der Waals surface area contributed by atoms with E-state index in [2.05, 4.69) is 12.2 Å². The average molecular weight is 284 g/mol. The highest BCUT2D eigenvalue weighted by Gasteiger charge is 2.33. The lowest BCUT2D eigenvalue weighted by molar-refractivity contribution is -0.384. The molecule has 2 rings (SSSR count). The van der Waals surface area contributed by atoms with Crippen molar-refractivity contribution in [3.8, 4) is 0 Å². The van der Waals surface area contributed by atoms with Crippen molar-refractivity contribution in [3.05, 3.63) is 33.9 Å². The normalized spacial score (nSPS) is 17.1. The maximum absolute atomic E-state index is 13.8. The number of nitro groups is 1. The van der Waals surface area contributed by atoms with Crippen LogP contribution in [0.4, 0.5) is 20.2 Å². The van der Waals surface area contributed by atoms with Gasteiger partial charge < -0.3 is 5.32 Å². The highest BCUT2D eigenvalue weighted by atomic mass is 19.2. The molecule has 20 heavy (non-hydrogen) atoms. The number of hydrogen-bond acceptors (Lipinski definition) is 3. The molecule has 0 heterocycles. The second kappa shape index (κ2) is 5.73. The van der Waals surface area contributed by atoms with Gasteiger partial charge in [0.05, 0.1) is 4.92 Å². The van der Waals surface area contributed by atoms with Crippen LogP contribution in [0.25, 0.3) is 0 Å². The summed E-state index contributed by atoms with van der Waals surface area (Å²) in [6, 6.07) is 1.78. The maximum Gasteiger partial charge on any atom is 0.295 e. The Hall–Kier alpha value is -1.72. The SMILES string of the molecule is CCC1(CNc2c([N+](=O)[O-])ccc(F)c2F)CCCC1. The molecule has 0 aliphatic heterocycles. The Morgan fingerprint density at radius 1 is 1.35 bits per heavy atom. The Bertz CT molecular complexity index is 514. The lowest BCUT2D eigenvalue weighted by Gasteiger charge is -2.28. The molecule has 0 atom stereocenters. The van der Waals surface area contributed by atoms with Crippen LogP contribution in [0.2, 0.25) is 0 Å². The fraction of sp³-hybridized carbons (Fsp3) is 0.571. The Labute approximate surface area is 116 Å². The van der Waals surface area contributed by atoms with Crippen molar-refractivity contribution in [2.45, 2.75) is 39.0 Å². The summed E-state index contributed by atoms with van der Waals surface area (Å²) in [6.45, 7) is 2.49. The van der Waals surface area contributed by atoms with Gasteiger partial charge in [0, 0.05) is 12.6 Å². The van der Waals surface area contributed by atoms with Gasteiger partial charge in [0.25, 0.3) is 5.69 Å². The van der Waals surface area contributed by atoms with Gasteiger partial charge in [0.1, 0.15) is 0 Å². The molecule has 6 heteroatoms. The minimum atomic E-state index is -1.18. The molecular weight excluding hydrogens is 266 g/mol. The molecule has 1 aliphatic rings. The topological polar surface area (TPSA) is 55.2 Å². The Balaban J connectivity index is 2.24. The first kappa shape index (κ1) is 14.7. The molecule has 1 N–H and O–H groups in total. The summed E-state index contributed by atoms with van der Waals surface area (Å²) in [7, 11) is 0. The number of hydrogen-bond donors (Lipinski definition) is 1. The summed E-state index contributed by atoms with van der Waals surface area (Å²) in [5.41, 5.74) is -0.727. The van der Waals surface area contributed by atoms with Gasteiger partial charge in [-0.05, 0) is 30.7 Å². The summed E-state index contributed by atoms with van der Waals surface area (Å²) in [6.07, 6.45) is 5.18. The van der Waals surface area contributed by atoms with E-state index in [0.717, 1.165) is 44.2 Å².